The van der Waals surface area contributed by atoms with Gasteiger partial charge in [-0.05, 0) is 40.0 Å². The van der Waals surface area contributed by atoms with Crippen molar-refractivity contribution in [1.29, 1.82) is 0 Å². The van der Waals surface area contributed by atoms with Gasteiger partial charge in [-0.25, -0.2) is 0 Å². The van der Waals surface area contributed by atoms with Crippen molar-refractivity contribution >= 4 is 43.5 Å². The Kier molecular flexibility index (Phi) is 4.29. The molecule has 0 N–H and O–H groups in total. The molecule has 0 fully saturated rings. The lowest BCUT2D eigenvalue weighted by Crippen LogP contribution is -1.94. The molecule has 0 spiro atoms. The normalized spacial score (nSPS) is 12.5. The molecule has 0 saturated heterocycles. The van der Waals surface area contributed by atoms with Crippen LogP contribution < -0.4 is 0 Å². The van der Waals surface area contributed by atoms with Crippen LogP contribution in [0.15, 0.2) is 46.9 Å². The zero-order valence-corrected chi connectivity index (χ0v) is 13.2. The summed E-state index contributed by atoms with van der Waals surface area (Å²) in [6.45, 7) is 2.08. The van der Waals surface area contributed by atoms with E-state index in [4.69, 9.17) is 11.6 Å². The molecule has 17 heavy (non-hydrogen) atoms. The van der Waals surface area contributed by atoms with Crippen LogP contribution in [0.4, 0.5) is 0 Å². The summed E-state index contributed by atoms with van der Waals surface area (Å²) in [5.74, 6) is 0. The maximum atomic E-state index is 6.29. The molecule has 2 aromatic rings. The highest BCUT2D eigenvalue weighted by atomic mass is 79.9. The Labute approximate surface area is 123 Å². The first-order valence-corrected chi connectivity index (χ1v) is 7.33. The summed E-state index contributed by atoms with van der Waals surface area (Å²) < 4.78 is 0.924. The molecule has 0 bridgehead atoms. The molecule has 2 aromatic carbocycles. The Balaban J connectivity index is 2.40. The maximum Gasteiger partial charge on any atom is 0.0659 e. The topological polar surface area (TPSA) is 0 Å². The maximum absolute atomic E-state index is 6.29. The molecule has 0 aliphatic rings. The average molecular weight is 375 g/mol. The molecule has 0 radical (unpaired) electrons. The van der Waals surface area contributed by atoms with E-state index >= 15 is 0 Å². The minimum absolute atomic E-state index is 0.119. The fourth-order valence-electron chi connectivity index (χ4n) is 1.63. The van der Waals surface area contributed by atoms with Gasteiger partial charge in [0.15, 0.2) is 0 Å². The Morgan fingerprint density at radius 2 is 1.71 bits per heavy atom. The number of aryl methyl sites for hydroxylation is 1. The first kappa shape index (κ1) is 13.1. The van der Waals surface area contributed by atoms with Crippen molar-refractivity contribution in [1.82, 2.24) is 0 Å². The van der Waals surface area contributed by atoms with Crippen molar-refractivity contribution in [3.8, 4) is 0 Å². The highest BCUT2D eigenvalue weighted by Crippen LogP contribution is 2.38. The van der Waals surface area contributed by atoms with Gasteiger partial charge in [0.1, 0.15) is 0 Å². The summed E-state index contributed by atoms with van der Waals surface area (Å²) in [4.78, 5) is 0.119. The van der Waals surface area contributed by atoms with Crippen LogP contribution in [0.5, 0.6) is 0 Å². The number of alkyl halides is 1. The molecular formula is C14H11Br2Cl. The molecule has 0 aromatic heterocycles. The van der Waals surface area contributed by atoms with E-state index in [9.17, 15) is 0 Å². The van der Waals surface area contributed by atoms with E-state index in [0.29, 0.717) is 0 Å². The van der Waals surface area contributed by atoms with E-state index in [2.05, 4.69) is 63.0 Å². The van der Waals surface area contributed by atoms with Crippen molar-refractivity contribution in [2.75, 3.05) is 0 Å². The largest absolute Gasteiger partial charge is 0.0827 e. The third kappa shape index (κ3) is 2.93. The fraction of sp³-hybridized carbons (Fsp3) is 0.143. The number of halogens is 3. The van der Waals surface area contributed by atoms with Crippen LogP contribution in [0, 0.1) is 6.92 Å². The standard InChI is InChI=1S/C14H11Br2Cl/c1-9-5-7-10(8-6-9)13(16)11-3-2-4-12(15)14(11)17/h2-8,13H,1H3. The molecule has 0 amide bonds. The number of rotatable bonds is 2. The van der Waals surface area contributed by atoms with Gasteiger partial charge < -0.3 is 0 Å². The van der Waals surface area contributed by atoms with Gasteiger partial charge in [0.2, 0.25) is 0 Å². The van der Waals surface area contributed by atoms with Crippen molar-refractivity contribution in [3.63, 3.8) is 0 Å². The van der Waals surface area contributed by atoms with E-state index < -0.39 is 0 Å². The van der Waals surface area contributed by atoms with Crippen LogP contribution >= 0.6 is 43.5 Å². The van der Waals surface area contributed by atoms with Gasteiger partial charge in [-0.3, -0.25) is 0 Å². The van der Waals surface area contributed by atoms with E-state index in [1.807, 2.05) is 18.2 Å². The second-order valence-electron chi connectivity index (χ2n) is 3.92. The van der Waals surface area contributed by atoms with Crippen LogP contribution in [0.25, 0.3) is 0 Å². The second kappa shape index (κ2) is 5.55. The van der Waals surface area contributed by atoms with Crippen molar-refractivity contribution in [2.45, 2.75) is 11.8 Å². The molecule has 0 aliphatic carbocycles. The molecule has 0 nitrogen and oxygen atoms in total. The molecule has 1 atom stereocenters. The van der Waals surface area contributed by atoms with Crippen LogP contribution in [0.3, 0.4) is 0 Å². The Bertz CT molecular complexity index is 520. The van der Waals surface area contributed by atoms with Gasteiger partial charge in [-0.2, -0.15) is 0 Å². The molecule has 0 saturated carbocycles. The van der Waals surface area contributed by atoms with Crippen LogP contribution in [-0.4, -0.2) is 0 Å². The minimum atomic E-state index is 0.119. The summed E-state index contributed by atoms with van der Waals surface area (Å²) in [6.07, 6.45) is 0. The van der Waals surface area contributed by atoms with E-state index in [1.54, 1.807) is 0 Å². The molecule has 1 unspecified atom stereocenters. The quantitative estimate of drug-likeness (QED) is 0.575. The predicted molar refractivity (Wildman–Crippen MR) is 81.1 cm³/mol. The van der Waals surface area contributed by atoms with Gasteiger partial charge in [0.25, 0.3) is 0 Å². The van der Waals surface area contributed by atoms with Crippen LogP contribution in [0.1, 0.15) is 21.5 Å². The summed E-state index contributed by atoms with van der Waals surface area (Å²) in [5.41, 5.74) is 3.54. The lowest BCUT2D eigenvalue weighted by molar-refractivity contribution is 1.17. The second-order valence-corrected chi connectivity index (χ2v) is 6.06. The Morgan fingerprint density at radius 3 is 2.35 bits per heavy atom. The first-order chi connectivity index (χ1) is 8.09. The lowest BCUT2D eigenvalue weighted by atomic mass is 10.0. The van der Waals surface area contributed by atoms with Gasteiger partial charge in [0, 0.05) is 4.47 Å². The minimum Gasteiger partial charge on any atom is -0.0827 e. The molecule has 0 aliphatic heterocycles. The first-order valence-electron chi connectivity index (χ1n) is 5.24. The molecular weight excluding hydrogens is 363 g/mol. The lowest BCUT2D eigenvalue weighted by Gasteiger charge is -2.13. The fourth-order valence-corrected chi connectivity index (χ4v) is 3.07. The third-order valence-corrected chi connectivity index (χ3v) is 4.96. The van der Waals surface area contributed by atoms with E-state index in [-0.39, 0.29) is 4.83 Å². The van der Waals surface area contributed by atoms with Crippen molar-refractivity contribution in [3.05, 3.63) is 68.7 Å². The van der Waals surface area contributed by atoms with Crippen LogP contribution in [-0.2, 0) is 0 Å². The van der Waals surface area contributed by atoms with E-state index in [0.717, 1.165) is 15.1 Å². The smallest absolute Gasteiger partial charge is 0.0659 e. The zero-order valence-electron chi connectivity index (χ0n) is 9.25. The van der Waals surface area contributed by atoms with Gasteiger partial charge in [0.05, 0.1) is 9.85 Å². The highest BCUT2D eigenvalue weighted by molar-refractivity contribution is 9.10. The van der Waals surface area contributed by atoms with E-state index in [1.165, 1.54) is 11.1 Å². The summed E-state index contributed by atoms with van der Waals surface area (Å²) in [5, 5.41) is 0.759. The SMILES string of the molecule is Cc1ccc(C(Br)c2cccc(Br)c2Cl)cc1. The monoisotopic (exact) mass is 372 g/mol. The van der Waals surface area contributed by atoms with Gasteiger partial charge in [-0.1, -0.05) is 69.5 Å². The average Bonchev–Trinajstić information content (AvgIpc) is 2.33. The number of benzene rings is 2. The summed E-state index contributed by atoms with van der Waals surface area (Å²) in [6, 6.07) is 14.4. The molecule has 0 heterocycles. The molecule has 88 valence electrons. The van der Waals surface area contributed by atoms with Crippen LogP contribution in [0.2, 0.25) is 5.02 Å². The predicted octanol–water partition coefficient (Wildman–Crippen LogP) is 5.90. The third-order valence-electron chi connectivity index (χ3n) is 2.62. The summed E-state index contributed by atoms with van der Waals surface area (Å²) >= 11 is 13.4. The molecule has 3 heteroatoms. The Hall–Kier alpha value is -0.310. The highest BCUT2D eigenvalue weighted by Gasteiger charge is 2.14. The van der Waals surface area contributed by atoms with Gasteiger partial charge in [-0.15, -0.1) is 0 Å². The summed E-state index contributed by atoms with van der Waals surface area (Å²) in [7, 11) is 0. The molecule has 2 rings (SSSR count). The number of hydrogen-bond acceptors (Lipinski definition) is 0. The van der Waals surface area contributed by atoms with Crippen molar-refractivity contribution < 1.29 is 0 Å². The Morgan fingerprint density at radius 1 is 1.06 bits per heavy atom. The van der Waals surface area contributed by atoms with Gasteiger partial charge >= 0.3 is 0 Å². The van der Waals surface area contributed by atoms with Crippen molar-refractivity contribution in [2.24, 2.45) is 0 Å². The zero-order chi connectivity index (χ0) is 12.4. The number of hydrogen-bond donors (Lipinski definition) is 0.